The molecule has 0 radical (unpaired) electrons. The maximum atomic E-state index is 10.9. The summed E-state index contributed by atoms with van der Waals surface area (Å²) >= 11 is 0. The summed E-state index contributed by atoms with van der Waals surface area (Å²) in [4.78, 5) is 10.9. The molecule has 1 aliphatic carbocycles. The van der Waals surface area contributed by atoms with E-state index in [4.69, 9.17) is 5.73 Å². The van der Waals surface area contributed by atoms with Crippen molar-refractivity contribution >= 4 is 17.3 Å². The summed E-state index contributed by atoms with van der Waals surface area (Å²) in [6.45, 7) is 2.52. The molecule has 2 rings (SSSR count). The van der Waals surface area contributed by atoms with Crippen molar-refractivity contribution in [2.45, 2.75) is 38.6 Å². The number of benzene rings is 1. The van der Waals surface area contributed by atoms with Crippen molar-refractivity contribution in [3.63, 3.8) is 0 Å². The Morgan fingerprint density at radius 3 is 2.32 bits per heavy atom. The Labute approximate surface area is 114 Å². The van der Waals surface area contributed by atoms with Crippen LogP contribution in [0.1, 0.15) is 32.6 Å². The van der Waals surface area contributed by atoms with Crippen molar-refractivity contribution in [2.24, 2.45) is 11.7 Å². The number of nitrogens with one attached hydrogen (secondary N) is 2. The minimum absolute atomic E-state index is 0.0424. The molecule has 0 aliphatic heterocycles. The molecular formula is C15H23N3O. The molecule has 0 heterocycles. The number of hydrogen-bond acceptors (Lipinski definition) is 3. The highest BCUT2D eigenvalue weighted by Crippen LogP contribution is 2.23. The van der Waals surface area contributed by atoms with Crippen LogP contribution in [0.25, 0.3) is 0 Å². The van der Waals surface area contributed by atoms with E-state index in [2.05, 4.69) is 10.6 Å². The molecule has 0 atom stereocenters. The van der Waals surface area contributed by atoms with Gasteiger partial charge in [0.2, 0.25) is 5.91 Å². The summed E-state index contributed by atoms with van der Waals surface area (Å²) in [5, 5.41) is 6.22. The van der Waals surface area contributed by atoms with E-state index >= 15 is 0 Å². The highest BCUT2D eigenvalue weighted by molar-refractivity contribution is 5.88. The van der Waals surface area contributed by atoms with Gasteiger partial charge in [-0.3, -0.25) is 4.79 Å². The molecule has 19 heavy (non-hydrogen) atoms. The Morgan fingerprint density at radius 1 is 1.16 bits per heavy atom. The highest BCUT2D eigenvalue weighted by atomic mass is 16.1. The van der Waals surface area contributed by atoms with Crippen LogP contribution in [-0.4, -0.2) is 18.5 Å². The van der Waals surface area contributed by atoms with Gasteiger partial charge in [0.1, 0.15) is 0 Å². The Kier molecular flexibility index (Phi) is 4.80. The monoisotopic (exact) mass is 261 g/mol. The van der Waals surface area contributed by atoms with Crippen LogP contribution in [0, 0.1) is 5.92 Å². The second-order valence-corrected chi connectivity index (χ2v) is 5.42. The van der Waals surface area contributed by atoms with Gasteiger partial charge in [0, 0.05) is 30.9 Å². The van der Waals surface area contributed by atoms with E-state index < -0.39 is 0 Å². The number of nitrogens with two attached hydrogens (primary N) is 1. The van der Waals surface area contributed by atoms with Crippen LogP contribution < -0.4 is 16.4 Å². The van der Waals surface area contributed by atoms with Crippen molar-refractivity contribution in [1.82, 2.24) is 0 Å². The van der Waals surface area contributed by atoms with Crippen LogP contribution in [-0.2, 0) is 4.79 Å². The SMILES string of the molecule is CC(=O)Nc1ccc(NC[C@H]2CC[C@H](N)CC2)cc1. The average molecular weight is 261 g/mol. The van der Waals surface area contributed by atoms with E-state index in [-0.39, 0.29) is 5.91 Å². The average Bonchev–Trinajstić information content (AvgIpc) is 2.39. The van der Waals surface area contributed by atoms with Gasteiger partial charge in [-0.25, -0.2) is 0 Å². The molecule has 0 aromatic heterocycles. The van der Waals surface area contributed by atoms with Gasteiger partial charge in [-0.15, -0.1) is 0 Å². The second kappa shape index (κ2) is 6.57. The number of anilines is 2. The molecule has 1 aromatic rings. The minimum atomic E-state index is -0.0424. The van der Waals surface area contributed by atoms with Crippen LogP contribution in [0.5, 0.6) is 0 Å². The lowest BCUT2D eigenvalue weighted by molar-refractivity contribution is -0.114. The molecule has 1 amide bonds. The molecule has 0 spiro atoms. The first-order valence-corrected chi connectivity index (χ1v) is 7.00. The summed E-state index contributed by atoms with van der Waals surface area (Å²) < 4.78 is 0. The fraction of sp³-hybridized carbons (Fsp3) is 0.533. The Balaban J connectivity index is 1.78. The Hall–Kier alpha value is -1.55. The molecule has 0 bridgehead atoms. The quantitative estimate of drug-likeness (QED) is 0.780. The standard InChI is InChI=1S/C15H23N3O/c1-11(19)18-15-8-6-14(7-9-15)17-10-12-2-4-13(16)5-3-12/h6-9,12-13,17H,2-5,10,16H2,1H3,(H,18,19)/t12-,13-. The number of carbonyl (C=O) groups excluding carboxylic acids is 1. The van der Waals surface area contributed by atoms with Crippen molar-refractivity contribution in [2.75, 3.05) is 17.2 Å². The van der Waals surface area contributed by atoms with E-state index in [1.165, 1.54) is 19.8 Å². The third-order valence-electron chi connectivity index (χ3n) is 3.69. The van der Waals surface area contributed by atoms with Gasteiger partial charge in [-0.2, -0.15) is 0 Å². The first-order valence-electron chi connectivity index (χ1n) is 7.00. The van der Waals surface area contributed by atoms with E-state index in [0.29, 0.717) is 6.04 Å². The summed E-state index contributed by atoms with van der Waals surface area (Å²) in [6, 6.07) is 8.24. The maximum absolute atomic E-state index is 10.9. The van der Waals surface area contributed by atoms with Crippen molar-refractivity contribution in [1.29, 1.82) is 0 Å². The van der Waals surface area contributed by atoms with E-state index in [1.54, 1.807) is 0 Å². The van der Waals surface area contributed by atoms with E-state index in [0.717, 1.165) is 36.7 Å². The third kappa shape index (κ3) is 4.56. The van der Waals surface area contributed by atoms with Gasteiger partial charge in [0.15, 0.2) is 0 Å². The zero-order valence-corrected chi connectivity index (χ0v) is 11.5. The molecule has 4 N–H and O–H groups in total. The minimum Gasteiger partial charge on any atom is -0.385 e. The lowest BCUT2D eigenvalue weighted by atomic mass is 9.86. The topological polar surface area (TPSA) is 67.2 Å². The van der Waals surface area contributed by atoms with Crippen molar-refractivity contribution in [3.8, 4) is 0 Å². The molecule has 104 valence electrons. The van der Waals surface area contributed by atoms with Crippen LogP contribution in [0.4, 0.5) is 11.4 Å². The molecule has 0 saturated heterocycles. The summed E-state index contributed by atoms with van der Waals surface area (Å²) in [7, 11) is 0. The van der Waals surface area contributed by atoms with Crippen LogP contribution in [0.15, 0.2) is 24.3 Å². The lowest BCUT2D eigenvalue weighted by Crippen LogP contribution is -2.29. The first kappa shape index (κ1) is 13.9. The predicted molar refractivity (Wildman–Crippen MR) is 79.2 cm³/mol. The normalized spacial score (nSPS) is 22.8. The highest BCUT2D eigenvalue weighted by Gasteiger charge is 2.17. The second-order valence-electron chi connectivity index (χ2n) is 5.42. The number of rotatable bonds is 4. The van der Waals surface area contributed by atoms with Crippen molar-refractivity contribution < 1.29 is 4.79 Å². The first-order chi connectivity index (χ1) is 9.13. The van der Waals surface area contributed by atoms with Gasteiger partial charge < -0.3 is 16.4 Å². The lowest BCUT2D eigenvalue weighted by Gasteiger charge is -2.26. The number of carbonyl (C=O) groups is 1. The number of amides is 1. The van der Waals surface area contributed by atoms with Gasteiger partial charge in [-0.1, -0.05) is 0 Å². The van der Waals surface area contributed by atoms with Gasteiger partial charge in [0.05, 0.1) is 0 Å². The molecule has 1 aromatic carbocycles. The zero-order chi connectivity index (χ0) is 13.7. The van der Waals surface area contributed by atoms with Crippen LogP contribution in [0.2, 0.25) is 0 Å². The van der Waals surface area contributed by atoms with Crippen LogP contribution >= 0.6 is 0 Å². The van der Waals surface area contributed by atoms with Crippen LogP contribution in [0.3, 0.4) is 0 Å². The zero-order valence-electron chi connectivity index (χ0n) is 11.5. The molecule has 1 aliphatic rings. The fourth-order valence-electron chi connectivity index (χ4n) is 2.53. The fourth-order valence-corrected chi connectivity index (χ4v) is 2.53. The van der Waals surface area contributed by atoms with Crippen molar-refractivity contribution in [3.05, 3.63) is 24.3 Å². The maximum Gasteiger partial charge on any atom is 0.221 e. The van der Waals surface area contributed by atoms with Gasteiger partial charge in [-0.05, 0) is 55.9 Å². The largest absolute Gasteiger partial charge is 0.385 e. The molecule has 4 nitrogen and oxygen atoms in total. The van der Waals surface area contributed by atoms with Gasteiger partial charge in [0.25, 0.3) is 0 Å². The van der Waals surface area contributed by atoms with E-state index in [1.807, 2.05) is 24.3 Å². The molecule has 4 heteroatoms. The summed E-state index contributed by atoms with van der Waals surface area (Å²) in [5.74, 6) is 0.689. The molecule has 1 saturated carbocycles. The number of hydrogen-bond donors (Lipinski definition) is 3. The third-order valence-corrected chi connectivity index (χ3v) is 3.69. The predicted octanol–water partition coefficient (Wildman–Crippen LogP) is 2.57. The Morgan fingerprint density at radius 2 is 1.74 bits per heavy atom. The summed E-state index contributed by atoms with van der Waals surface area (Å²) in [5.41, 5.74) is 7.84. The molecule has 1 fully saturated rings. The van der Waals surface area contributed by atoms with E-state index in [9.17, 15) is 4.79 Å². The smallest absolute Gasteiger partial charge is 0.221 e. The van der Waals surface area contributed by atoms with Gasteiger partial charge >= 0.3 is 0 Å². The molecule has 0 unspecified atom stereocenters. The molecular weight excluding hydrogens is 238 g/mol. The summed E-state index contributed by atoms with van der Waals surface area (Å²) in [6.07, 6.45) is 4.73. The Bertz CT molecular complexity index is 408.